The molecule has 0 fully saturated rings. The van der Waals surface area contributed by atoms with Crippen LogP contribution in [-0.2, 0) is 6.42 Å². The standard InChI is InChI=1S/C12H9Cl2N3O3S/c13-9-3-7(4-10(11(9)14)17(19)20)12(18)15-2-1-8-5-21-6-16-8/h3-6H,1-2H2,(H,15,18). The van der Waals surface area contributed by atoms with Crippen molar-refractivity contribution >= 4 is 46.1 Å². The highest BCUT2D eigenvalue weighted by atomic mass is 35.5. The second kappa shape index (κ2) is 6.84. The number of hydrogen-bond donors (Lipinski definition) is 1. The number of halogens is 2. The summed E-state index contributed by atoms with van der Waals surface area (Å²) in [6, 6.07) is 2.40. The highest BCUT2D eigenvalue weighted by molar-refractivity contribution is 7.07. The molecule has 1 amide bonds. The fourth-order valence-electron chi connectivity index (χ4n) is 1.61. The van der Waals surface area contributed by atoms with Crippen molar-refractivity contribution in [3.05, 3.63) is 54.4 Å². The molecule has 1 N–H and O–H groups in total. The Kier molecular flexibility index (Phi) is 5.11. The van der Waals surface area contributed by atoms with Crippen molar-refractivity contribution in [2.75, 3.05) is 6.54 Å². The number of amides is 1. The number of aromatic nitrogens is 1. The maximum absolute atomic E-state index is 12.0. The van der Waals surface area contributed by atoms with Gasteiger partial charge < -0.3 is 5.32 Å². The Labute approximate surface area is 133 Å². The normalized spacial score (nSPS) is 10.4. The number of carbonyl (C=O) groups is 1. The lowest BCUT2D eigenvalue weighted by Crippen LogP contribution is -2.25. The molecule has 1 aromatic carbocycles. The Morgan fingerprint density at radius 1 is 1.43 bits per heavy atom. The lowest BCUT2D eigenvalue weighted by atomic mass is 10.2. The molecule has 0 aliphatic rings. The van der Waals surface area contributed by atoms with Gasteiger partial charge in [-0.25, -0.2) is 4.98 Å². The van der Waals surface area contributed by atoms with Crippen LogP contribution in [0.25, 0.3) is 0 Å². The molecule has 0 aliphatic carbocycles. The maximum atomic E-state index is 12.0. The monoisotopic (exact) mass is 345 g/mol. The van der Waals surface area contributed by atoms with Gasteiger partial charge in [0.15, 0.2) is 0 Å². The fourth-order valence-corrected chi connectivity index (χ4v) is 2.59. The molecule has 1 heterocycles. The number of nitro groups is 1. The van der Waals surface area contributed by atoms with Crippen LogP contribution in [0.4, 0.5) is 5.69 Å². The molecular weight excluding hydrogens is 337 g/mol. The summed E-state index contributed by atoms with van der Waals surface area (Å²) < 4.78 is 0. The van der Waals surface area contributed by atoms with Gasteiger partial charge in [0.05, 0.1) is 21.2 Å². The topological polar surface area (TPSA) is 85.1 Å². The van der Waals surface area contributed by atoms with E-state index >= 15 is 0 Å². The van der Waals surface area contributed by atoms with Crippen molar-refractivity contribution in [2.45, 2.75) is 6.42 Å². The van der Waals surface area contributed by atoms with E-state index < -0.39 is 16.5 Å². The van der Waals surface area contributed by atoms with E-state index in [1.165, 1.54) is 17.4 Å². The number of thiazole rings is 1. The van der Waals surface area contributed by atoms with E-state index in [-0.39, 0.29) is 15.6 Å². The molecular formula is C12H9Cl2N3O3S. The van der Waals surface area contributed by atoms with Crippen LogP contribution in [-0.4, -0.2) is 22.4 Å². The van der Waals surface area contributed by atoms with Gasteiger partial charge in [-0.3, -0.25) is 14.9 Å². The molecule has 0 aliphatic heterocycles. The number of nitro benzene ring substituents is 1. The Hall–Kier alpha value is -1.70. The Morgan fingerprint density at radius 3 is 2.81 bits per heavy atom. The van der Waals surface area contributed by atoms with Crippen LogP contribution in [0.1, 0.15) is 16.1 Å². The van der Waals surface area contributed by atoms with Crippen LogP contribution < -0.4 is 5.32 Å². The molecule has 2 rings (SSSR count). The van der Waals surface area contributed by atoms with Crippen LogP contribution in [0.3, 0.4) is 0 Å². The summed E-state index contributed by atoms with van der Waals surface area (Å²) in [5, 5.41) is 15.2. The molecule has 0 unspecified atom stereocenters. The lowest BCUT2D eigenvalue weighted by molar-refractivity contribution is -0.384. The van der Waals surface area contributed by atoms with E-state index in [0.717, 1.165) is 11.8 Å². The SMILES string of the molecule is O=C(NCCc1cscn1)c1cc(Cl)c(Cl)c([N+](=O)[O-])c1. The third-order valence-electron chi connectivity index (χ3n) is 2.62. The minimum Gasteiger partial charge on any atom is -0.352 e. The molecule has 6 nitrogen and oxygen atoms in total. The van der Waals surface area contributed by atoms with Crippen LogP contribution in [0.15, 0.2) is 23.0 Å². The quantitative estimate of drug-likeness (QED) is 0.665. The zero-order chi connectivity index (χ0) is 15.4. The van der Waals surface area contributed by atoms with Gasteiger partial charge in [-0.05, 0) is 6.07 Å². The largest absolute Gasteiger partial charge is 0.352 e. The first-order valence-corrected chi connectivity index (χ1v) is 7.47. The van der Waals surface area contributed by atoms with Crippen LogP contribution in [0, 0.1) is 10.1 Å². The van der Waals surface area contributed by atoms with Crippen molar-refractivity contribution in [3.8, 4) is 0 Å². The molecule has 2 aromatic rings. The summed E-state index contributed by atoms with van der Waals surface area (Å²) in [5.74, 6) is -0.452. The smallest absolute Gasteiger partial charge is 0.290 e. The molecule has 0 saturated heterocycles. The molecule has 21 heavy (non-hydrogen) atoms. The molecule has 0 saturated carbocycles. The fraction of sp³-hybridized carbons (Fsp3) is 0.167. The predicted molar refractivity (Wildman–Crippen MR) is 81.3 cm³/mol. The van der Waals surface area contributed by atoms with Gasteiger partial charge in [0, 0.05) is 30.0 Å². The van der Waals surface area contributed by atoms with E-state index in [4.69, 9.17) is 23.2 Å². The Bertz CT molecular complexity index is 677. The minimum atomic E-state index is -0.680. The lowest BCUT2D eigenvalue weighted by Gasteiger charge is -2.06. The molecule has 9 heteroatoms. The molecule has 110 valence electrons. The number of benzene rings is 1. The highest BCUT2D eigenvalue weighted by Gasteiger charge is 2.19. The Morgan fingerprint density at radius 2 is 2.19 bits per heavy atom. The number of rotatable bonds is 5. The van der Waals surface area contributed by atoms with Gasteiger partial charge in [0.25, 0.3) is 11.6 Å². The molecule has 0 bridgehead atoms. The van der Waals surface area contributed by atoms with E-state index in [1.807, 2.05) is 5.38 Å². The molecule has 0 radical (unpaired) electrons. The van der Waals surface area contributed by atoms with Crippen molar-refractivity contribution in [1.29, 1.82) is 0 Å². The number of hydrogen-bond acceptors (Lipinski definition) is 5. The van der Waals surface area contributed by atoms with Crippen molar-refractivity contribution in [1.82, 2.24) is 10.3 Å². The van der Waals surface area contributed by atoms with Crippen molar-refractivity contribution in [3.63, 3.8) is 0 Å². The summed E-state index contributed by atoms with van der Waals surface area (Å²) in [5.41, 5.74) is 2.28. The number of nitrogens with zero attached hydrogens (tertiary/aromatic N) is 2. The molecule has 1 aromatic heterocycles. The van der Waals surface area contributed by atoms with Gasteiger partial charge >= 0.3 is 0 Å². The van der Waals surface area contributed by atoms with E-state index in [0.29, 0.717) is 13.0 Å². The van der Waals surface area contributed by atoms with Gasteiger partial charge in [-0.2, -0.15) is 0 Å². The second-order valence-electron chi connectivity index (χ2n) is 4.03. The first-order chi connectivity index (χ1) is 9.99. The summed E-state index contributed by atoms with van der Waals surface area (Å²) in [6.07, 6.45) is 0.582. The first-order valence-electron chi connectivity index (χ1n) is 5.77. The first kappa shape index (κ1) is 15.7. The number of carbonyl (C=O) groups excluding carboxylic acids is 1. The highest BCUT2D eigenvalue weighted by Crippen LogP contribution is 2.32. The average Bonchev–Trinajstić information content (AvgIpc) is 2.94. The van der Waals surface area contributed by atoms with E-state index in [1.54, 1.807) is 5.51 Å². The van der Waals surface area contributed by atoms with Gasteiger partial charge in [0.1, 0.15) is 5.02 Å². The zero-order valence-corrected chi connectivity index (χ0v) is 12.8. The van der Waals surface area contributed by atoms with Crippen LogP contribution >= 0.6 is 34.5 Å². The summed E-state index contributed by atoms with van der Waals surface area (Å²) in [7, 11) is 0. The third-order valence-corrected chi connectivity index (χ3v) is 4.05. The van der Waals surface area contributed by atoms with E-state index in [2.05, 4.69) is 10.3 Å². The van der Waals surface area contributed by atoms with Crippen LogP contribution in [0.5, 0.6) is 0 Å². The van der Waals surface area contributed by atoms with Gasteiger partial charge in [0.2, 0.25) is 0 Å². The van der Waals surface area contributed by atoms with Crippen molar-refractivity contribution < 1.29 is 9.72 Å². The predicted octanol–water partition coefficient (Wildman–Crippen LogP) is 3.33. The average molecular weight is 346 g/mol. The number of nitrogens with one attached hydrogen (secondary N) is 1. The zero-order valence-electron chi connectivity index (χ0n) is 10.5. The summed E-state index contributed by atoms with van der Waals surface area (Å²) in [6.45, 7) is 0.372. The van der Waals surface area contributed by atoms with Crippen LogP contribution in [0.2, 0.25) is 10.0 Å². The summed E-state index contributed by atoms with van der Waals surface area (Å²) in [4.78, 5) is 26.2. The molecule has 0 spiro atoms. The summed E-state index contributed by atoms with van der Waals surface area (Å²) >= 11 is 13.0. The van der Waals surface area contributed by atoms with E-state index in [9.17, 15) is 14.9 Å². The third kappa shape index (κ3) is 3.90. The van der Waals surface area contributed by atoms with Crippen molar-refractivity contribution in [2.24, 2.45) is 0 Å². The molecule has 0 atom stereocenters. The van der Waals surface area contributed by atoms with Gasteiger partial charge in [-0.15, -0.1) is 11.3 Å². The van der Waals surface area contributed by atoms with Gasteiger partial charge in [-0.1, -0.05) is 23.2 Å². The minimum absolute atomic E-state index is 0.0319. The second-order valence-corrected chi connectivity index (χ2v) is 5.54. The Balaban J connectivity index is 2.07. The maximum Gasteiger partial charge on any atom is 0.290 e.